The predicted molar refractivity (Wildman–Crippen MR) is 185 cm³/mol. The van der Waals surface area contributed by atoms with E-state index in [1.807, 2.05) is 71.3 Å². The highest BCUT2D eigenvalue weighted by atomic mass is 35.5. The number of ether oxygens (including phenoxy) is 1. The molecule has 242 valence electrons. The van der Waals surface area contributed by atoms with Gasteiger partial charge in [-0.3, -0.25) is 4.79 Å². The van der Waals surface area contributed by atoms with Gasteiger partial charge in [-0.1, -0.05) is 67.1 Å². The Hall–Kier alpha value is -3.04. The van der Waals surface area contributed by atoms with E-state index in [0.717, 1.165) is 60.4 Å². The zero-order valence-electron chi connectivity index (χ0n) is 26.6. The van der Waals surface area contributed by atoms with E-state index < -0.39 is 11.7 Å². The van der Waals surface area contributed by atoms with Gasteiger partial charge in [-0.2, -0.15) is 11.8 Å². The standard InChI is InChI=1S/C36H46ClN3O4S/c1-4-26-9-5-10-29(23-26)33-31(12-6-13-32(33)37)36(43,18-8-19-39-35(42)44-2)30-11-7-21-40(25-30)34(41)28-16-14-27(15-17-28)24-38-20-22-45-3/h5-6,9-10,12-17,23,30,38,43H,4,7-8,11,18-22,24-25H2,1-3H3,(H,39,42)/t30-,36?/m1/s1. The average molecular weight is 652 g/mol. The number of amides is 2. The van der Waals surface area contributed by atoms with Gasteiger partial charge in [0.2, 0.25) is 0 Å². The maximum atomic E-state index is 13.7. The number of piperidine rings is 1. The van der Waals surface area contributed by atoms with Gasteiger partial charge in [0.25, 0.3) is 5.91 Å². The molecule has 7 nitrogen and oxygen atoms in total. The maximum Gasteiger partial charge on any atom is 0.406 e. The minimum atomic E-state index is -1.30. The molecule has 4 rings (SSSR count). The molecule has 1 saturated heterocycles. The van der Waals surface area contributed by atoms with E-state index in [-0.39, 0.29) is 11.8 Å². The van der Waals surface area contributed by atoms with Gasteiger partial charge in [-0.05, 0) is 78.8 Å². The van der Waals surface area contributed by atoms with Crippen molar-refractivity contribution in [3.63, 3.8) is 0 Å². The number of methoxy groups -OCH3 is 1. The highest BCUT2D eigenvalue weighted by Crippen LogP contribution is 2.45. The van der Waals surface area contributed by atoms with Crippen LogP contribution in [0, 0.1) is 5.92 Å². The van der Waals surface area contributed by atoms with Gasteiger partial charge in [0.05, 0.1) is 12.7 Å². The number of benzene rings is 3. The second-order valence-electron chi connectivity index (χ2n) is 11.6. The number of aryl methyl sites for hydroxylation is 1. The predicted octanol–water partition coefficient (Wildman–Crippen LogP) is 6.90. The lowest BCUT2D eigenvalue weighted by Crippen LogP contribution is -2.48. The quantitative estimate of drug-likeness (QED) is 0.164. The Morgan fingerprint density at radius 3 is 2.60 bits per heavy atom. The van der Waals surface area contributed by atoms with E-state index in [9.17, 15) is 14.7 Å². The fraction of sp³-hybridized carbons (Fsp3) is 0.444. The molecule has 3 N–H and O–H groups in total. The molecule has 0 saturated carbocycles. The number of thioether (sulfide) groups is 1. The van der Waals surface area contributed by atoms with Crippen LogP contribution in [-0.4, -0.2) is 67.3 Å². The van der Waals surface area contributed by atoms with Crippen LogP contribution in [0.1, 0.15) is 59.7 Å². The highest BCUT2D eigenvalue weighted by molar-refractivity contribution is 7.98. The summed E-state index contributed by atoms with van der Waals surface area (Å²) in [6, 6.07) is 21.8. The first-order valence-electron chi connectivity index (χ1n) is 15.8. The van der Waals surface area contributed by atoms with E-state index >= 15 is 0 Å². The number of carbonyl (C=O) groups excluding carboxylic acids is 2. The number of hydrogen-bond donors (Lipinski definition) is 3. The Labute approximate surface area is 277 Å². The normalized spacial score (nSPS) is 16.2. The van der Waals surface area contributed by atoms with Crippen molar-refractivity contribution in [2.24, 2.45) is 5.92 Å². The molecular weight excluding hydrogens is 606 g/mol. The van der Waals surface area contributed by atoms with Crippen LogP contribution in [0.25, 0.3) is 11.1 Å². The van der Waals surface area contributed by atoms with Crippen LogP contribution < -0.4 is 10.6 Å². The molecular formula is C36H46ClN3O4S. The number of carbonyl (C=O) groups is 2. The summed E-state index contributed by atoms with van der Waals surface area (Å²) in [5.74, 6) is 0.793. The first kappa shape index (κ1) is 34.8. The summed E-state index contributed by atoms with van der Waals surface area (Å²) in [7, 11) is 1.33. The third-order valence-corrected chi connectivity index (χ3v) is 9.62. The number of rotatable bonds is 14. The molecule has 0 aromatic heterocycles. The zero-order chi connectivity index (χ0) is 32.2. The third kappa shape index (κ3) is 9.03. The molecule has 9 heteroatoms. The van der Waals surface area contributed by atoms with Crippen molar-refractivity contribution < 1.29 is 19.4 Å². The van der Waals surface area contributed by atoms with Gasteiger partial charge in [-0.25, -0.2) is 4.79 Å². The summed E-state index contributed by atoms with van der Waals surface area (Å²) >= 11 is 8.70. The van der Waals surface area contributed by atoms with Crippen LogP contribution in [-0.2, 0) is 23.3 Å². The van der Waals surface area contributed by atoms with Crippen molar-refractivity contribution in [3.05, 3.63) is 94.0 Å². The fourth-order valence-corrected chi connectivity index (χ4v) is 6.84. The van der Waals surface area contributed by atoms with Gasteiger partial charge >= 0.3 is 6.09 Å². The minimum Gasteiger partial charge on any atom is -0.453 e. The highest BCUT2D eigenvalue weighted by Gasteiger charge is 2.43. The Kier molecular flexibility index (Phi) is 13.2. The molecule has 0 radical (unpaired) electrons. The van der Waals surface area contributed by atoms with E-state index in [1.54, 1.807) is 0 Å². The molecule has 0 spiro atoms. The third-order valence-electron chi connectivity index (χ3n) is 8.69. The van der Waals surface area contributed by atoms with Crippen LogP contribution in [0.15, 0.2) is 66.7 Å². The van der Waals surface area contributed by atoms with Crippen LogP contribution in [0.4, 0.5) is 4.79 Å². The number of aliphatic hydroxyl groups is 1. The van der Waals surface area contributed by atoms with Crippen molar-refractivity contribution in [1.82, 2.24) is 15.5 Å². The van der Waals surface area contributed by atoms with Gasteiger partial charge in [0, 0.05) is 60.5 Å². The van der Waals surface area contributed by atoms with Crippen molar-refractivity contribution in [3.8, 4) is 11.1 Å². The molecule has 0 bridgehead atoms. The van der Waals surface area contributed by atoms with Crippen molar-refractivity contribution >= 4 is 35.4 Å². The summed E-state index contributed by atoms with van der Waals surface area (Å²) in [5.41, 5.74) is 4.18. The lowest BCUT2D eigenvalue weighted by Gasteiger charge is -2.44. The summed E-state index contributed by atoms with van der Waals surface area (Å²) < 4.78 is 4.74. The SMILES string of the molecule is CCc1cccc(-c2c(Cl)cccc2C(O)(CCCNC(=O)OC)[C@@H]2CCCN(C(=O)c3ccc(CNCCSC)cc3)C2)c1. The molecule has 1 fully saturated rings. The molecule has 2 amide bonds. The molecule has 3 aromatic rings. The van der Waals surface area contributed by atoms with Crippen molar-refractivity contribution in [2.45, 2.75) is 51.2 Å². The first-order valence-corrected chi connectivity index (χ1v) is 17.6. The van der Waals surface area contributed by atoms with E-state index in [1.165, 1.54) is 12.7 Å². The molecule has 0 aliphatic carbocycles. The lowest BCUT2D eigenvalue weighted by molar-refractivity contribution is -0.0563. The molecule has 1 aliphatic heterocycles. The molecule has 3 aromatic carbocycles. The molecule has 1 aliphatic rings. The lowest BCUT2D eigenvalue weighted by atomic mass is 9.72. The van der Waals surface area contributed by atoms with Gasteiger partial charge < -0.3 is 25.4 Å². The number of halogens is 1. The summed E-state index contributed by atoms with van der Waals surface area (Å²) in [4.78, 5) is 27.4. The van der Waals surface area contributed by atoms with Gasteiger partial charge in [0.1, 0.15) is 0 Å². The van der Waals surface area contributed by atoms with Crippen LogP contribution in [0.3, 0.4) is 0 Å². The second-order valence-corrected chi connectivity index (χ2v) is 13.0. The number of likely N-dealkylation sites (tertiary alicyclic amines) is 1. The maximum absolute atomic E-state index is 13.7. The molecule has 45 heavy (non-hydrogen) atoms. The minimum absolute atomic E-state index is 0.0294. The van der Waals surface area contributed by atoms with E-state index in [2.05, 4.69) is 35.9 Å². The number of hydrogen-bond acceptors (Lipinski definition) is 6. The Morgan fingerprint density at radius 1 is 1.09 bits per heavy atom. The topological polar surface area (TPSA) is 90.9 Å². The summed E-state index contributed by atoms with van der Waals surface area (Å²) in [5, 5.41) is 19.5. The van der Waals surface area contributed by atoms with Crippen LogP contribution >= 0.6 is 23.4 Å². The molecule has 2 atom stereocenters. The van der Waals surface area contributed by atoms with Gasteiger partial charge in [0.15, 0.2) is 0 Å². The zero-order valence-corrected chi connectivity index (χ0v) is 28.2. The number of alkyl carbamates (subject to hydrolysis) is 1. The first-order chi connectivity index (χ1) is 21.8. The van der Waals surface area contributed by atoms with Crippen LogP contribution in [0.2, 0.25) is 5.02 Å². The summed E-state index contributed by atoms with van der Waals surface area (Å²) in [6.45, 7) is 5.22. The van der Waals surface area contributed by atoms with Gasteiger partial charge in [-0.15, -0.1) is 0 Å². The average Bonchev–Trinajstić information content (AvgIpc) is 3.08. The largest absolute Gasteiger partial charge is 0.453 e. The second kappa shape index (κ2) is 17.0. The monoisotopic (exact) mass is 651 g/mol. The van der Waals surface area contributed by atoms with E-state index in [4.69, 9.17) is 16.3 Å². The van der Waals surface area contributed by atoms with Crippen LogP contribution in [0.5, 0.6) is 0 Å². The Balaban J connectivity index is 1.62. The van der Waals surface area contributed by atoms with E-state index in [0.29, 0.717) is 43.1 Å². The number of nitrogens with zero attached hydrogens (tertiary/aromatic N) is 1. The Bertz CT molecular complexity index is 1420. The summed E-state index contributed by atoms with van der Waals surface area (Å²) in [6.07, 6.45) is 4.90. The number of nitrogens with one attached hydrogen (secondary N) is 2. The smallest absolute Gasteiger partial charge is 0.406 e. The molecule has 1 unspecified atom stereocenters. The van der Waals surface area contributed by atoms with Crippen molar-refractivity contribution in [1.29, 1.82) is 0 Å². The molecule has 1 heterocycles. The van der Waals surface area contributed by atoms with Crippen molar-refractivity contribution in [2.75, 3.05) is 45.3 Å². The fourth-order valence-electron chi connectivity index (χ4n) is 6.21. The Morgan fingerprint density at radius 2 is 1.87 bits per heavy atom.